The third-order valence-corrected chi connectivity index (χ3v) is 4.26. The van der Waals surface area contributed by atoms with E-state index in [1.165, 1.54) is 11.6 Å². The molecule has 38 heavy (non-hydrogen) atoms. The first-order valence-corrected chi connectivity index (χ1v) is 13.5. The van der Waals surface area contributed by atoms with Gasteiger partial charge in [-0.2, -0.15) is 45.4 Å². The van der Waals surface area contributed by atoms with Crippen molar-refractivity contribution >= 4 is 17.1 Å². The molecule has 0 bridgehead atoms. The summed E-state index contributed by atoms with van der Waals surface area (Å²) in [6.45, 7) is 28.5. The number of nitrogens with zero attached hydrogens (tertiary/aromatic N) is 1. The molecular weight excluding hydrogens is 541 g/mol. The molecule has 0 aliphatic rings. The van der Waals surface area contributed by atoms with Gasteiger partial charge in [0, 0.05) is 62.4 Å². The normalized spacial score (nSPS) is 8.89. The molecule has 0 saturated heterocycles. The van der Waals surface area contributed by atoms with Gasteiger partial charge in [0.1, 0.15) is 0 Å². The van der Waals surface area contributed by atoms with Gasteiger partial charge in [0.05, 0.1) is 5.75 Å². The summed E-state index contributed by atoms with van der Waals surface area (Å²) in [5.74, 6) is 1.71. The molecule has 3 aromatic carbocycles. The van der Waals surface area contributed by atoms with Gasteiger partial charge in [0.25, 0.3) is 0 Å². The van der Waals surface area contributed by atoms with E-state index in [4.69, 9.17) is 5.11 Å². The minimum absolute atomic E-state index is 0. The van der Waals surface area contributed by atoms with Crippen LogP contribution in [0.15, 0.2) is 78.9 Å². The number of nitrogens with one attached hydrogen (secondary N) is 1. The van der Waals surface area contributed by atoms with Crippen LogP contribution >= 0.6 is 0 Å². The van der Waals surface area contributed by atoms with Crippen molar-refractivity contribution in [3.63, 3.8) is 0 Å². The Balaban J connectivity index is -0.000000253. The summed E-state index contributed by atoms with van der Waals surface area (Å²) in [6.07, 6.45) is 0. The second-order valence-corrected chi connectivity index (χ2v) is 8.93. The van der Waals surface area contributed by atoms with Crippen molar-refractivity contribution in [2.24, 2.45) is 0 Å². The summed E-state index contributed by atoms with van der Waals surface area (Å²) >= 11 is 0. The number of hydrogen-bond acceptors (Lipinski definition) is 3. The fourth-order valence-electron chi connectivity index (χ4n) is 2.34. The molecule has 0 heterocycles. The van der Waals surface area contributed by atoms with Crippen molar-refractivity contribution in [2.45, 2.75) is 88.6 Å². The third-order valence-electron chi connectivity index (χ3n) is 4.26. The van der Waals surface area contributed by atoms with E-state index in [1.807, 2.05) is 59.7 Å². The number of phenolic OH excluding ortho intramolecular Hbond substituents is 1. The first-order chi connectivity index (χ1) is 17.5. The fraction of sp³-hybridized carbons (Fsp3) is 0.412. The van der Waals surface area contributed by atoms with E-state index < -0.39 is 0 Å². The van der Waals surface area contributed by atoms with Gasteiger partial charge in [-0.15, -0.1) is 0 Å². The van der Waals surface area contributed by atoms with Crippen LogP contribution in [0.2, 0.25) is 0 Å². The van der Waals surface area contributed by atoms with Gasteiger partial charge in [0.15, 0.2) is 0 Å². The van der Waals surface area contributed by atoms with Crippen molar-refractivity contribution in [2.75, 3.05) is 17.3 Å². The minimum Gasteiger partial charge on any atom is -0.510 e. The maximum absolute atomic E-state index is 8.73. The largest absolute Gasteiger partial charge is 0.510 e. The molecule has 2 N–H and O–H groups in total. The zero-order chi connectivity index (χ0) is 29.4. The van der Waals surface area contributed by atoms with Crippen LogP contribution in [0.5, 0.6) is 5.75 Å². The molecule has 0 saturated carbocycles. The van der Waals surface area contributed by atoms with E-state index >= 15 is 0 Å². The average Bonchev–Trinajstić information content (AvgIpc) is 2.90. The topological polar surface area (TPSA) is 35.5 Å². The summed E-state index contributed by atoms with van der Waals surface area (Å²) in [7, 11) is 2.12. The van der Waals surface area contributed by atoms with Crippen LogP contribution in [0.25, 0.3) is 0 Å². The average molecular weight is 598 g/mol. The van der Waals surface area contributed by atoms with Crippen molar-refractivity contribution < 1.29 is 37.8 Å². The Hall–Kier alpha value is -1.97. The standard InChI is InChI=1S/C17H22N2.C7H7O.C4H9.3C2H6.Y/c1-17(2,3)19(4)16-12-10-15(11-13-16)18-14-8-6-5-7-9-14;1-6-2-4-7(8)5-3-6;1-4(2)3;3*1-2;/h5-13,18H,1-4H3;2-5,8H,1H2;1-3H3;3*1-2H3;/q;2*-1;;;;. The van der Waals surface area contributed by atoms with Crippen LogP contribution < -0.4 is 10.2 Å². The number of anilines is 3. The van der Waals surface area contributed by atoms with E-state index in [0.29, 0.717) is 0 Å². The van der Waals surface area contributed by atoms with Crippen LogP contribution in [0.4, 0.5) is 17.1 Å². The van der Waals surface area contributed by atoms with E-state index in [9.17, 15) is 0 Å². The van der Waals surface area contributed by atoms with Gasteiger partial charge >= 0.3 is 0 Å². The van der Waals surface area contributed by atoms with E-state index in [1.54, 1.807) is 24.3 Å². The summed E-state index contributed by atoms with van der Waals surface area (Å²) < 4.78 is 0. The predicted octanol–water partition coefficient (Wildman–Crippen LogP) is 10.9. The Morgan fingerprint density at radius 3 is 1.39 bits per heavy atom. The van der Waals surface area contributed by atoms with Gasteiger partial charge in [-0.3, -0.25) is 0 Å². The van der Waals surface area contributed by atoms with Gasteiger partial charge < -0.3 is 21.2 Å². The maximum atomic E-state index is 8.73. The number of rotatable bonds is 3. The molecule has 0 unspecified atom stereocenters. The second-order valence-electron chi connectivity index (χ2n) is 8.93. The van der Waals surface area contributed by atoms with Crippen molar-refractivity contribution in [3.05, 3.63) is 97.3 Å². The van der Waals surface area contributed by atoms with Gasteiger partial charge in [-0.05, 0) is 57.2 Å². The van der Waals surface area contributed by atoms with Crippen LogP contribution in [0.3, 0.4) is 0 Å². The Labute approximate surface area is 262 Å². The molecule has 0 amide bonds. The first kappa shape index (κ1) is 43.1. The number of phenols is 1. The molecule has 0 aromatic heterocycles. The van der Waals surface area contributed by atoms with Gasteiger partial charge in [0.2, 0.25) is 0 Å². The monoisotopic (exact) mass is 597 g/mol. The fourth-order valence-corrected chi connectivity index (χ4v) is 2.34. The van der Waals surface area contributed by atoms with E-state index in [-0.39, 0.29) is 44.0 Å². The zero-order valence-corrected chi connectivity index (χ0v) is 29.5. The van der Waals surface area contributed by atoms with Crippen LogP contribution in [0, 0.1) is 12.8 Å². The summed E-state index contributed by atoms with van der Waals surface area (Å²) in [5.41, 5.74) is 4.50. The second kappa shape index (κ2) is 26.6. The molecule has 3 aromatic rings. The Bertz CT molecular complexity index is 832. The van der Waals surface area contributed by atoms with Crippen LogP contribution in [-0.2, 0) is 32.7 Å². The SMILES string of the molecule is CC.CC.CC.CN(c1ccc(Nc2ccccc2)cc1)C(C)(C)C.C[C-](C)C.[CH2-]c1ccc(O)cc1.[Y]. The number of aromatic hydroxyl groups is 1. The molecule has 0 atom stereocenters. The van der Waals surface area contributed by atoms with E-state index in [0.717, 1.165) is 16.9 Å². The molecule has 0 aliphatic carbocycles. The van der Waals surface area contributed by atoms with Crippen molar-refractivity contribution in [1.82, 2.24) is 0 Å². The molecule has 4 heteroatoms. The molecule has 0 spiro atoms. The van der Waals surface area contributed by atoms with Crippen LogP contribution in [-0.4, -0.2) is 17.7 Å². The molecule has 3 nitrogen and oxygen atoms in total. The molecule has 0 fully saturated rings. The number of benzene rings is 3. The van der Waals surface area contributed by atoms with Crippen LogP contribution in [0.1, 0.15) is 88.6 Å². The van der Waals surface area contributed by atoms with Gasteiger partial charge in [-0.25, -0.2) is 0 Å². The van der Waals surface area contributed by atoms with Crippen molar-refractivity contribution in [3.8, 4) is 5.75 Å². The smallest absolute Gasteiger partial charge is 0.0910 e. The zero-order valence-electron chi connectivity index (χ0n) is 26.7. The maximum Gasteiger partial charge on any atom is 0.0910 e. The number of hydrogen-bond donors (Lipinski definition) is 2. The Morgan fingerprint density at radius 1 is 0.684 bits per heavy atom. The molecule has 1 radical (unpaired) electrons. The molecular formula is C34H56N2OY-2. The summed E-state index contributed by atoms with van der Waals surface area (Å²) in [5, 5.41) is 12.1. The Morgan fingerprint density at radius 2 is 1.05 bits per heavy atom. The van der Waals surface area contributed by atoms with E-state index in [2.05, 4.69) is 102 Å². The molecule has 213 valence electrons. The van der Waals surface area contributed by atoms with Gasteiger partial charge in [-0.1, -0.05) is 71.9 Å². The first-order valence-electron chi connectivity index (χ1n) is 13.5. The summed E-state index contributed by atoms with van der Waals surface area (Å²) in [4.78, 5) is 2.28. The predicted molar refractivity (Wildman–Crippen MR) is 171 cm³/mol. The van der Waals surface area contributed by atoms with Crippen molar-refractivity contribution in [1.29, 1.82) is 0 Å². The summed E-state index contributed by atoms with van der Waals surface area (Å²) in [6, 6.07) is 25.5. The minimum atomic E-state index is 0. The number of para-hydroxylation sites is 1. The third kappa shape index (κ3) is 23.2. The quantitative estimate of drug-likeness (QED) is 0.295. The molecule has 0 aliphatic heterocycles. The Kier molecular flexibility index (Phi) is 30.2. The molecule has 3 rings (SSSR count).